The second kappa shape index (κ2) is 7.70. The Morgan fingerprint density at radius 3 is 2.42 bits per heavy atom. The van der Waals surface area contributed by atoms with Crippen molar-refractivity contribution in [1.82, 2.24) is 8.54 Å². The van der Waals surface area contributed by atoms with Crippen molar-refractivity contribution in [2.24, 2.45) is 7.05 Å². The zero-order valence-electron chi connectivity index (χ0n) is 15.3. The molecule has 2 aromatic rings. The second-order valence-electron chi connectivity index (χ2n) is 5.72. The summed E-state index contributed by atoms with van der Waals surface area (Å²) in [7, 11) is -2.87. The highest BCUT2D eigenvalue weighted by Gasteiger charge is 2.25. The van der Waals surface area contributed by atoms with Gasteiger partial charge >= 0.3 is 5.69 Å². The fraction of sp³-hybridized carbons (Fsp3) is 0.263. The van der Waals surface area contributed by atoms with Crippen LogP contribution < -0.4 is 11.2 Å². The maximum Gasteiger partial charge on any atom is 0.345 e. The van der Waals surface area contributed by atoms with Crippen LogP contribution in [0, 0.1) is 0 Å². The van der Waals surface area contributed by atoms with Gasteiger partial charge in [-0.2, -0.15) is 0 Å². The quantitative estimate of drug-likeness (QED) is 0.753. The van der Waals surface area contributed by atoms with Gasteiger partial charge in [0, 0.05) is 7.05 Å². The standard InChI is InChI=1S/C19H22N2O4S/c1-5-8-10-15(9-6-2)26(24,25)21-18(22)16-12-11-14(7-3)13-17(16)20(4)19(21)23/h5-6,8-13H,7H2,1-4H3/b8-5-,9-6-,15-10+. The lowest BCUT2D eigenvalue weighted by Crippen LogP contribution is -2.43. The molecule has 0 unspecified atom stereocenters. The summed E-state index contributed by atoms with van der Waals surface area (Å²) >= 11 is 0. The molecule has 0 spiro atoms. The Morgan fingerprint density at radius 2 is 1.85 bits per heavy atom. The number of hydrogen-bond acceptors (Lipinski definition) is 4. The molecule has 138 valence electrons. The first kappa shape index (κ1) is 19.7. The van der Waals surface area contributed by atoms with Gasteiger partial charge < -0.3 is 0 Å². The Labute approximate surface area is 152 Å². The fourth-order valence-corrected chi connectivity index (χ4v) is 4.01. The van der Waals surface area contributed by atoms with Crippen LogP contribution in [0.1, 0.15) is 26.3 Å². The fourth-order valence-electron chi connectivity index (χ4n) is 2.59. The zero-order chi connectivity index (χ0) is 19.5. The molecule has 1 heterocycles. The van der Waals surface area contributed by atoms with Crippen molar-refractivity contribution in [2.45, 2.75) is 27.2 Å². The van der Waals surface area contributed by atoms with Gasteiger partial charge in [-0.1, -0.05) is 31.2 Å². The molecule has 0 aliphatic rings. The van der Waals surface area contributed by atoms with Crippen LogP contribution in [0.2, 0.25) is 0 Å². The summed E-state index contributed by atoms with van der Waals surface area (Å²) in [5.74, 6) is 0. The largest absolute Gasteiger partial charge is 0.345 e. The van der Waals surface area contributed by atoms with Crippen LogP contribution >= 0.6 is 0 Å². The summed E-state index contributed by atoms with van der Waals surface area (Å²) in [6.07, 6.45) is 8.18. The normalized spacial score (nSPS) is 13.3. The van der Waals surface area contributed by atoms with Crippen molar-refractivity contribution in [3.63, 3.8) is 0 Å². The van der Waals surface area contributed by atoms with Gasteiger partial charge in [0.1, 0.15) is 0 Å². The van der Waals surface area contributed by atoms with Gasteiger partial charge in [-0.3, -0.25) is 9.36 Å². The molecule has 0 fully saturated rings. The highest BCUT2D eigenvalue weighted by atomic mass is 32.2. The number of fused-ring (bicyclic) bond motifs is 1. The van der Waals surface area contributed by atoms with Crippen LogP contribution in [-0.2, 0) is 23.5 Å². The number of aromatic nitrogens is 2. The molecule has 0 aliphatic heterocycles. The Kier molecular flexibility index (Phi) is 5.82. The van der Waals surface area contributed by atoms with Gasteiger partial charge in [-0.05, 0) is 50.1 Å². The lowest BCUT2D eigenvalue weighted by Gasteiger charge is -2.12. The smallest absolute Gasteiger partial charge is 0.295 e. The average molecular weight is 374 g/mol. The first-order chi connectivity index (χ1) is 12.3. The van der Waals surface area contributed by atoms with Crippen LogP contribution in [0.25, 0.3) is 10.9 Å². The number of allylic oxidation sites excluding steroid dienone is 5. The minimum Gasteiger partial charge on any atom is -0.295 e. The first-order valence-corrected chi connectivity index (χ1v) is 9.69. The van der Waals surface area contributed by atoms with Gasteiger partial charge in [-0.15, -0.1) is 3.97 Å². The van der Waals surface area contributed by atoms with Crippen molar-refractivity contribution in [1.29, 1.82) is 0 Å². The highest BCUT2D eigenvalue weighted by molar-refractivity contribution is 7.94. The van der Waals surface area contributed by atoms with Gasteiger partial charge in [0.2, 0.25) is 0 Å². The number of aryl methyl sites for hydroxylation is 2. The minimum atomic E-state index is -4.33. The topological polar surface area (TPSA) is 78.1 Å². The third-order valence-corrected chi connectivity index (χ3v) is 5.70. The van der Waals surface area contributed by atoms with E-state index in [0.717, 1.165) is 12.0 Å². The Balaban J connectivity index is 2.94. The Morgan fingerprint density at radius 1 is 1.15 bits per heavy atom. The summed E-state index contributed by atoms with van der Waals surface area (Å²) in [5, 5.41) is 0.179. The molecule has 1 aromatic carbocycles. The van der Waals surface area contributed by atoms with Gasteiger partial charge in [0.15, 0.2) is 0 Å². The lowest BCUT2D eigenvalue weighted by molar-refractivity contribution is 0.587. The number of nitrogens with zero attached hydrogens (tertiary/aromatic N) is 2. The summed E-state index contributed by atoms with van der Waals surface area (Å²) < 4.78 is 27.5. The number of rotatable bonds is 5. The van der Waals surface area contributed by atoms with Crippen LogP contribution in [-0.4, -0.2) is 17.0 Å². The molecule has 0 saturated heterocycles. The van der Waals surface area contributed by atoms with E-state index in [9.17, 15) is 18.0 Å². The molecule has 0 bridgehead atoms. The third kappa shape index (κ3) is 3.35. The first-order valence-electron chi connectivity index (χ1n) is 8.25. The van der Waals surface area contributed by atoms with E-state index in [2.05, 4.69) is 0 Å². The van der Waals surface area contributed by atoms with E-state index in [-0.39, 0.29) is 10.3 Å². The van der Waals surface area contributed by atoms with Gasteiger partial charge in [0.05, 0.1) is 15.8 Å². The summed E-state index contributed by atoms with van der Waals surface area (Å²) in [4.78, 5) is 25.4. The van der Waals surface area contributed by atoms with E-state index in [1.165, 1.54) is 35.9 Å². The lowest BCUT2D eigenvalue weighted by atomic mass is 10.1. The molecule has 0 amide bonds. The summed E-state index contributed by atoms with van der Waals surface area (Å²) in [6.45, 7) is 5.36. The second-order valence-corrected chi connectivity index (χ2v) is 7.50. The molecule has 7 heteroatoms. The average Bonchev–Trinajstić information content (AvgIpc) is 2.62. The van der Waals surface area contributed by atoms with Crippen molar-refractivity contribution < 1.29 is 8.42 Å². The van der Waals surface area contributed by atoms with Gasteiger partial charge in [0.25, 0.3) is 15.6 Å². The molecule has 6 nitrogen and oxygen atoms in total. The van der Waals surface area contributed by atoms with E-state index in [1.807, 2.05) is 6.92 Å². The van der Waals surface area contributed by atoms with E-state index in [0.29, 0.717) is 9.49 Å². The minimum absolute atomic E-state index is 0.137. The molecule has 1 aromatic heterocycles. The van der Waals surface area contributed by atoms with Crippen molar-refractivity contribution in [3.05, 3.63) is 79.9 Å². The van der Waals surface area contributed by atoms with Crippen molar-refractivity contribution in [3.8, 4) is 0 Å². The molecule has 0 aliphatic carbocycles. The van der Waals surface area contributed by atoms with Crippen molar-refractivity contribution in [2.75, 3.05) is 0 Å². The predicted molar refractivity (Wildman–Crippen MR) is 105 cm³/mol. The van der Waals surface area contributed by atoms with E-state index < -0.39 is 21.3 Å². The molecule has 0 atom stereocenters. The van der Waals surface area contributed by atoms with Crippen LogP contribution in [0.5, 0.6) is 0 Å². The SMILES string of the molecule is C\C=C/C=C(\C=C/C)S(=O)(=O)n1c(=O)c2ccc(CC)cc2n(C)c1=O. The predicted octanol–water partition coefficient (Wildman–Crippen LogP) is 2.48. The molecule has 26 heavy (non-hydrogen) atoms. The molecule has 0 saturated carbocycles. The van der Waals surface area contributed by atoms with E-state index in [4.69, 9.17) is 0 Å². The zero-order valence-corrected chi connectivity index (χ0v) is 16.1. The van der Waals surface area contributed by atoms with Gasteiger partial charge in [-0.25, -0.2) is 13.2 Å². The molecular weight excluding hydrogens is 352 g/mol. The molecule has 0 N–H and O–H groups in total. The monoisotopic (exact) mass is 374 g/mol. The number of hydrogen-bond donors (Lipinski definition) is 0. The summed E-state index contributed by atoms with van der Waals surface area (Å²) in [6, 6.07) is 5.05. The summed E-state index contributed by atoms with van der Waals surface area (Å²) in [5.41, 5.74) is -0.376. The third-order valence-electron chi connectivity index (χ3n) is 4.03. The van der Waals surface area contributed by atoms with E-state index in [1.54, 1.807) is 38.1 Å². The molecular formula is C19H22N2O4S. The maximum atomic E-state index is 13.0. The number of benzene rings is 1. The Bertz CT molecular complexity index is 1150. The van der Waals surface area contributed by atoms with Crippen LogP contribution in [0.4, 0.5) is 0 Å². The van der Waals surface area contributed by atoms with Crippen molar-refractivity contribution >= 4 is 20.9 Å². The van der Waals surface area contributed by atoms with Crippen LogP contribution in [0.15, 0.2) is 63.1 Å². The Hall–Kier alpha value is -2.67. The maximum absolute atomic E-state index is 13.0. The van der Waals surface area contributed by atoms with E-state index >= 15 is 0 Å². The van der Waals surface area contributed by atoms with Crippen LogP contribution in [0.3, 0.4) is 0 Å². The highest BCUT2D eigenvalue weighted by Crippen LogP contribution is 2.14. The molecule has 0 radical (unpaired) electrons. The molecule has 2 rings (SSSR count).